The predicted molar refractivity (Wildman–Crippen MR) is 148 cm³/mol. The molecule has 0 saturated carbocycles. The number of amides is 1. The highest BCUT2D eigenvalue weighted by atomic mass is 35.5. The predicted octanol–water partition coefficient (Wildman–Crippen LogP) is 5.60. The number of non-ortho nitro benzene ring substituents is 1. The van der Waals surface area contributed by atoms with E-state index in [9.17, 15) is 14.9 Å². The van der Waals surface area contributed by atoms with Crippen LogP contribution in [0.1, 0.15) is 22.3 Å². The number of nitro groups is 1. The van der Waals surface area contributed by atoms with E-state index in [1.807, 2.05) is 12.1 Å². The fourth-order valence-electron chi connectivity index (χ4n) is 3.16. The van der Waals surface area contributed by atoms with Gasteiger partial charge in [-0.05, 0) is 60.6 Å². The molecule has 194 valence electrons. The minimum absolute atomic E-state index is 0.0731. The van der Waals surface area contributed by atoms with Crippen molar-refractivity contribution in [3.8, 4) is 11.5 Å². The average molecular weight is 563 g/mol. The first-order valence-corrected chi connectivity index (χ1v) is 12.3. The molecule has 3 rings (SSSR count). The third kappa shape index (κ3) is 8.49. The normalized spacial score (nSPS) is 10.4. The van der Waals surface area contributed by atoms with Crippen molar-refractivity contribution in [3.05, 3.63) is 92.0 Å². The van der Waals surface area contributed by atoms with Crippen molar-refractivity contribution in [1.29, 1.82) is 0 Å². The number of rotatable bonds is 11. The van der Waals surface area contributed by atoms with Gasteiger partial charge in [0.2, 0.25) is 0 Å². The molecule has 3 aromatic rings. The Morgan fingerprint density at radius 3 is 2.46 bits per heavy atom. The van der Waals surface area contributed by atoms with Crippen LogP contribution in [-0.2, 0) is 6.61 Å². The number of thiocarbonyl (C=S) groups is 1. The van der Waals surface area contributed by atoms with E-state index in [0.29, 0.717) is 53.9 Å². The maximum absolute atomic E-state index is 12.6. The first-order chi connectivity index (χ1) is 17.8. The van der Waals surface area contributed by atoms with Crippen LogP contribution < -0.4 is 25.4 Å². The number of methoxy groups -OCH3 is 1. The van der Waals surface area contributed by atoms with E-state index in [1.165, 1.54) is 19.2 Å². The van der Waals surface area contributed by atoms with Crippen LogP contribution in [-0.4, -0.2) is 36.1 Å². The minimum Gasteiger partial charge on any atom is -0.493 e. The van der Waals surface area contributed by atoms with Gasteiger partial charge >= 0.3 is 0 Å². The van der Waals surface area contributed by atoms with Crippen LogP contribution in [0.15, 0.2) is 60.7 Å². The van der Waals surface area contributed by atoms with Crippen molar-refractivity contribution >= 4 is 57.8 Å². The summed E-state index contributed by atoms with van der Waals surface area (Å²) in [6.45, 7) is 1.34. The molecule has 3 N–H and O–H groups in total. The van der Waals surface area contributed by atoms with Crippen molar-refractivity contribution in [2.45, 2.75) is 13.0 Å². The molecular weight excluding hydrogens is 539 g/mol. The standard InChI is InChI=1S/C25H24Cl2N4O5S/c1-35-23-13-17(5-10-22(23)36-15-16-3-6-18(26)7-4-16)24(32)30-25(37)29-12-2-11-28-21-9-8-19(31(33)34)14-20(21)27/h3-10,13-14,28H,2,11-12,15H2,1H3,(H2,29,30,32,37). The van der Waals surface area contributed by atoms with E-state index in [0.717, 1.165) is 5.56 Å². The van der Waals surface area contributed by atoms with Gasteiger partial charge in [-0.3, -0.25) is 20.2 Å². The topological polar surface area (TPSA) is 115 Å². The molecule has 12 heteroatoms. The Bertz CT molecular complexity index is 1270. The largest absolute Gasteiger partial charge is 0.493 e. The third-order valence-electron chi connectivity index (χ3n) is 5.08. The highest BCUT2D eigenvalue weighted by molar-refractivity contribution is 7.80. The summed E-state index contributed by atoms with van der Waals surface area (Å²) in [5, 5.41) is 20.6. The summed E-state index contributed by atoms with van der Waals surface area (Å²) in [6, 6.07) is 16.4. The van der Waals surface area contributed by atoms with Crippen LogP contribution in [0.4, 0.5) is 11.4 Å². The number of carbonyl (C=O) groups is 1. The number of nitrogens with one attached hydrogen (secondary N) is 3. The molecule has 1 amide bonds. The molecule has 9 nitrogen and oxygen atoms in total. The Labute approximate surface area is 229 Å². The van der Waals surface area contributed by atoms with Crippen LogP contribution in [0.3, 0.4) is 0 Å². The summed E-state index contributed by atoms with van der Waals surface area (Å²) in [5.74, 6) is 0.516. The first-order valence-electron chi connectivity index (χ1n) is 11.1. The van der Waals surface area contributed by atoms with E-state index >= 15 is 0 Å². The summed E-state index contributed by atoms with van der Waals surface area (Å²) in [5.41, 5.74) is 1.82. The second-order valence-electron chi connectivity index (χ2n) is 7.69. The molecule has 0 bridgehead atoms. The van der Waals surface area contributed by atoms with E-state index in [4.69, 9.17) is 44.9 Å². The Hall–Kier alpha value is -3.60. The third-order valence-corrected chi connectivity index (χ3v) is 5.89. The number of benzene rings is 3. The summed E-state index contributed by atoms with van der Waals surface area (Å²) < 4.78 is 11.2. The molecule has 0 aliphatic carbocycles. The summed E-state index contributed by atoms with van der Waals surface area (Å²) in [6.07, 6.45) is 0.650. The van der Waals surface area contributed by atoms with E-state index in [1.54, 1.807) is 36.4 Å². The molecule has 0 heterocycles. The SMILES string of the molecule is COc1cc(C(=O)NC(=S)NCCCNc2ccc([N+](=O)[O-])cc2Cl)ccc1OCc1ccc(Cl)cc1. The molecule has 0 aliphatic heterocycles. The van der Waals surface area contributed by atoms with Crippen LogP contribution in [0.2, 0.25) is 10.0 Å². The highest BCUT2D eigenvalue weighted by Gasteiger charge is 2.13. The van der Waals surface area contributed by atoms with Gasteiger partial charge in [0.25, 0.3) is 11.6 Å². The number of carbonyl (C=O) groups excluding carboxylic acids is 1. The van der Waals surface area contributed by atoms with Gasteiger partial charge in [-0.2, -0.15) is 0 Å². The van der Waals surface area contributed by atoms with E-state index < -0.39 is 10.8 Å². The van der Waals surface area contributed by atoms with Gasteiger partial charge in [-0.1, -0.05) is 35.3 Å². The van der Waals surface area contributed by atoms with Crippen molar-refractivity contribution in [1.82, 2.24) is 10.6 Å². The zero-order chi connectivity index (χ0) is 26.8. The van der Waals surface area contributed by atoms with E-state index in [2.05, 4.69) is 16.0 Å². The van der Waals surface area contributed by atoms with Gasteiger partial charge in [-0.25, -0.2) is 0 Å². The zero-order valence-electron chi connectivity index (χ0n) is 19.8. The van der Waals surface area contributed by atoms with Crippen molar-refractivity contribution in [2.24, 2.45) is 0 Å². The molecule has 0 fully saturated rings. The molecule has 0 aromatic heterocycles. The van der Waals surface area contributed by atoms with Crippen LogP contribution in [0.5, 0.6) is 11.5 Å². The number of hydrogen-bond donors (Lipinski definition) is 3. The summed E-state index contributed by atoms with van der Waals surface area (Å²) >= 11 is 17.2. The lowest BCUT2D eigenvalue weighted by molar-refractivity contribution is -0.384. The number of hydrogen-bond acceptors (Lipinski definition) is 7. The molecule has 37 heavy (non-hydrogen) atoms. The zero-order valence-corrected chi connectivity index (χ0v) is 22.1. The van der Waals surface area contributed by atoms with Crippen molar-refractivity contribution in [3.63, 3.8) is 0 Å². The molecule has 3 aromatic carbocycles. The maximum Gasteiger partial charge on any atom is 0.271 e. The molecule has 0 spiro atoms. The van der Waals surface area contributed by atoms with Gasteiger partial charge in [0.1, 0.15) is 6.61 Å². The lowest BCUT2D eigenvalue weighted by atomic mass is 10.2. The Kier molecular flexibility index (Phi) is 10.3. The van der Waals surface area contributed by atoms with Crippen LogP contribution in [0.25, 0.3) is 0 Å². The Morgan fingerprint density at radius 1 is 1.03 bits per heavy atom. The average Bonchev–Trinajstić information content (AvgIpc) is 2.88. The highest BCUT2D eigenvalue weighted by Crippen LogP contribution is 2.29. The molecular formula is C25H24Cl2N4O5S. The van der Waals surface area contributed by atoms with Gasteiger partial charge in [0.05, 0.1) is 22.7 Å². The minimum atomic E-state index is -0.504. The smallest absolute Gasteiger partial charge is 0.271 e. The van der Waals surface area contributed by atoms with E-state index in [-0.39, 0.29) is 15.8 Å². The fourth-order valence-corrected chi connectivity index (χ4v) is 3.73. The quantitative estimate of drug-likeness (QED) is 0.120. The van der Waals surface area contributed by atoms with Crippen molar-refractivity contribution < 1.29 is 19.2 Å². The van der Waals surface area contributed by atoms with Gasteiger partial charge in [-0.15, -0.1) is 0 Å². The molecule has 0 unspecified atom stereocenters. The lowest BCUT2D eigenvalue weighted by Crippen LogP contribution is -2.39. The summed E-state index contributed by atoms with van der Waals surface area (Å²) in [4.78, 5) is 22.9. The monoisotopic (exact) mass is 562 g/mol. The van der Waals surface area contributed by atoms with Crippen LogP contribution >= 0.6 is 35.4 Å². The molecule has 0 saturated heterocycles. The molecule has 0 atom stereocenters. The number of anilines is 1. The summed E-state index contributed by atoms with van der Waals surface area (Å²) in [7, 11) is 1.50. The maximum atomic E-state index is 12.6. The number of nitrogens with zero attached hydrogens (tertiary/aromatic N) is 1. The van der Waals surface area contributed by atoms with Gasteiger partial charge < -0.3 is 20.1 Å². The number of halogens is 2. The second-order valence-corrected chi connectivity index (χ2v) is 8.94. The van der Waals surface area contributed by atoms with Crippen LogP contribution in [0, 0.1) is 10.1 Å². The lowest BCUT2D eigenvalue weighted by Gasteiger charge is -2.13. The fraction of sp³-hybridized carbons (Fsp3) is 0.200. The van der Waals surface area contributed by atoms with Gasteiger partial charge in [0.15, 0.2) is 16.6 Å². The molecule has 0 radical (unpaired) electrons. The first kappa shape index (κ1) is 28.0. The van der Waals surface area contributed by atoms with Crippen molar-refractivity contribution in [2.75, 3.05) is 25.5 Å². The number of nitro benzene ring substituents is 1. The second kappa shape index (κ2) is 13.6. The Morgan fingerprint density at radius 2 is 1.78 bits per heavy atom. The molecule has 0 aliphatic rings. The number of ether oxygens (including phenoxy) is 2. The van der Waals surface area contributed by atoms with Gasteiger partial charge in [0, 0.05) is 35.8 Å². The Balaban J connectivity index is 1.43.